The number of nitrogens with zero attached hydrogens (tertiary/aromatic N) is 2. The molecular formula is C42H33BN2. The van der Waals surface area contributed by atoms with E-state index in [1.165, 1.54) is 71.8 Å². The number of anilines is 3. The van der Waals surface area contributed by atoms with Crippen LogP contribution in [0.4, 0.5) is 17.1 Å². The number of para-hydroxylation sites is 3. The molecule has 0 saturated carbocycles. The van der Waals surface area contributed by atoms with E-state index in [9.17, 15) is 0 Å². The normalized spacial score (nSPS) is 15.9. The first-order valence-electron chi connectivity index (χ1n) is 16.2. The van der Waals surface area contributed by atoms with E-state index in [2.05, 4.69) is 165 Å². The van der Waals surface area contributed by atoms with Crippen LogP contribution in [0.1, 0.15) is 49.9 Å². The lowest BCUT2D eigenvalue weighted by atomic mass is 9.26. The first kappa shape index (κ1) is 25.3. The predicted molar refractivity (Wildman–Crippen MR) is 191 cm³/mol. The van der Waals surface area contributed by atoms with Crippen molar-refractivity contribution in [1.29, 1.82) is 0 Å². The van der Waals surface area contributed by atoms with E-state index >= 15 is 0 Å². The van der Waals surface area contributed by atoms with Gasteiger partial charge in [-0.25, -0.2) is 0 Å². The number of benzene rings is 6. The minimum Gasteiger partial charge on any atom is -0.308 e. The summed E-state index contributed by atoms with van der Waals surface area (Å²) in [6.07, 6.45) is 0. The highest BCUT2D eigenvalue weighted by Gasteiger charge is 2.52. The fraction of sp³-hybridized carbons (Fsp3) is 0.143. The van der Waals surface area contributed by atoms with Gasteiger partial charge in [0.25, 0.3) is 0 Å². The third kappa shape index (κ3) is 2.97. The molecule has 6 aromatic carbocycles. The molecule has 0 N–H and O–H groups in total. The number of hydrogen-bond donors (Lipinski definition) is 0. The first-order chi connectivity index (χ1) is 21.9. The van der Waals surface area contributed by atoms with Crippen molar-refractivity contribution in [3.63, 3.8) is 0 Å². The van der Waals surface area contributed by atoms with E-state index in [1.807, 2.05) is 0 Å². The Morgan fingerprint density at radius 2 is 1.04 bits per heavy atom. The monoisotopic (exact) mass is 576 g/mol. The lowest BCUT2D eigenvalue weighted by molar-refractivity contribution is 0.621. The number of fused-ring (bicyclic) bond motifs is 4. The van der Waals surface area contributed by atoms with E-state index in [4.69, 9.17) is 0 Å². The highest BCUT2D eigenvalue weighted by Crippen LogP contribution is 2.49. The van der Waals surface area contributed by atoms with Crippen LogP contribution in [0.2, 0.25) is 0 Å². The highest BCUT2D eigenvalue weighted by molar-refractivity contribution is 7.00. The Morgan fingerprint density at radius 3 is 1.71 bits per heavy atom. The van der Waals surface area contributed by atoms with E-state index < -0.39 is 0 Å². The van der Waals surface area contributed by atoms with Crippen molar-refractivity contribution < 1.29 is 0 Å². The molecular weight excluding hydrogens is 543 g/mol. The summed E-state index contributed by atoms with van der Waals surface area (Å²) >= 11 is 0. The Bertz CT molecular complexity index is 2330. The van der Waals surface area contributed by atoms with Gasteiger partial charge in [-0.05, 0) is 69.6 Å². The minimum atomic E-state index is -0.142. The van der Waals surface area contributed by atoms with Gasteiger partial charge in [-0.1, -0.05) is 124 Å². The van der Waals surface area contributed by atoms with Crippen molar-refractivity contribution in [2.45, 2.75) is 38.5 Å². The molecule has 1 aromatic heterocycles. The number of rotatable bonds is 3. The summed E-state index contributed by atoms with van der Waals surface area (Å²) < 4.78 is 2.64. The molecule has 0 bridgehead atoms. The number of aromatic nitrogens is 1. The topological polar surface area (TPSA) is 8.17 Å². The van der Waals surface area contributed by atoms with Gasteiger partial charge < -0.3 is 9.47 Å². The van der Waals surface area contributed by atoms with Crippen LogP contribution in [0.3, 0.4) is 0 Å². The van der Waals surface area contributed by atoms with Crippen LogP contribution in [0.5, 0.6) is 0 Å². The van der Waals surface area contributed by atoms with Gasteiger partial charge in [0.05, 0.1) is 16.9 Å². The van der Waals surface area contributed by atoms with Gasteiger partial charge in [0.1, 0.15) is 0 Å². The Balaban J connectivity index is 1.46. The van der Waals surface area contributed by atoms with Crippen LogP contribution in [0.15, 0.2) is 127 Å². The van der Waals surface area contributed by atoms with Crippen LogP contribution in [0, 0.1) is 0 Å². The predicted octanol–water partition coefficient (Wildman–Crippen LogP) is 8.36. The summed E-state index contributed by atoms with van der Waals surface area (Å²) in [5.41, 5.74) is 17.6. The summed E-state index contributed by atoms with van der Waals surface area (Å²) in [6.45, 7) is 9.93. The second-order valence-corrected chi connectivity index (χ2v) is 14.1. The van der Waals surface area contributed by atoms with Crippen LogP contribution in [-0.2, 0) is 10.8 Å². The molecule has 2 nitrogen and oxygen atoms in total. The zero-order chi connectivity index (χ0) is 30.2. The molecule has 214 valence electrons. The van der Waals surface area contributed by atoms with Gasteiger partial charge in [0.15, 0.2) is 0 Å². The van der Waals surface area contributed by atoms with Crippen molar-refractivity contribution in [3.05, 3.63) is 150 Å². The second-order valence-electron chi connectivity index (χ2n) is 14.1. The van der Waals surface area contributed by atoms with Crippen molar-refractivity contribution in [1.82, 2.24) is 4.57 Å². The van der Waals surface area contributed by atoms with Crippen LogP contribution in [-0.4, -0.2) is 11.3 Å². The molecule has 3 heteroatoms. The third-order valence-corrected chi connectivity index (χ3v) is 11.2. The molecule has 10 rings (SSSR count). The maximum atomic E-state index is 2.64. The van der Waals surface area contributed by atoms with Gasteiger partial charge in [-0.2, -0.15) is 0 Å². The van der Waals surface area contributed by atoms with Gasteiger partial charge in [0, 0.05) is 38.5 Å². The quantitative estimate of drug-likeness (QED) is 0.192. The van der Waals surface area contributed by atoms with Gasteiger partial charge >= 0.3 is 0 Å². The smallest absolute Gasteiger partial charge is 0.248 e. The van der Waals surface area contributed by atoms with E-state index in [0.717, 1.165) is 11.4 Å². The van der Waals surface area contributed by atoms with Crippen molar-refractivity contribution in [2.24, 2.45) is 0 Å². The average Bonchev–Trinajstić information content (AvgIpc) is 3.40. The van der Waals surface area contributed by atoms with Gasteiger partial charge in [-0.3, -0.25) is 0 Å². The maximum absolute atomic E-state index is 2.64. The van der Waals surface area contributed by atoms with Crippen molar-refractivity contribution >= 4 is 62.0 Å². The summed E-state index contributed by atoms with van der Waals surface area (Å²) in [4.78, 5) is 2.46. The van der Waals surface area contributed by atoms with Crippen molar-refractivity contribution in [2.75, 3.05) is 4.90 Å². The average molecular weight is 577 g/mol. The lowest BCUT2D eigenvalue weighted by Crippen LogP contribution is -2.68. The van der Waals surface area contributed by atoms with Crippen molar-refractivity contribution in [3.8, 4) is 5.69 Å². The summed E-state index contributed by atoms with van der Waals surface area (Å²) in [5.74, 6) is 0. The summed E-state index contributed by atoms with van der Waals surface area (Å²) in [7, 11) is 0. The van der Waals surface area contributed by atoms with Gasteiger partial charge in [-0.15, -0.1) is 0 Å². The zero-order valence-electron chi connectivity index (χ0n) is 26.1. The molecule has 4 heterocycles. The standard InChI is InChI=1S/C42H33BN2/c1-41(2)30-19-13-20-31-36(30)43-37-32(41)23-22-29-28-18-11-12-21-34(28)45(39(29)37)40-35(25-24-33(38(40)43)42(31,3)4)44(26-14-7-5-8-15-26)27-16-9-6-10-17-27/h5-25H,1-4H3. The maximum Gasteiger partial charge on any atom is 0.248 e. The molecule has 3 aliphatic heterocycles. The molecule has 45 heavy (non-hydrogen) atoms. The Labute approximate surface area is 264 Å². The molecule has 0 radical (unpaired) electrons. The molecule has 0 unspecified atom stereocenters. The fourth-order valence-corrected chi connectivity index (χ4v) is 9.27. The molecule has 0 saturated heterocycles. The Hall–Kier alpha value is -5.02. The summed E-state index contributed by atoms with van der Waals surface area (Å²) in [6, 6.07) is 47.6. The van der Waals surface area contributed by atoms with E-state index in [-0.39, 0.29) is 17.5 Å². The molecule has 0 amide bonds. The Morgan fingerprint density at radius 1 is 0.489 bits per heavy atom. The second kappa shape index (κ2) is 8.37. The lowest BCUT2D eigenvalue weighted by Gasteiger charge is -2.49. The van der Waals surface area contributed by atoms with E-state index in [0.29, 0.717) is 0 Å². The molecule has 3 aliphatic rings. The molecule has 7 aromatic rings. The first-order valence-corrected chi connectivity index (χ1v) is 16.2. The molecule has 0 atom stereocenters. The zero-order valence-corrected chi connectivity index (χ0v) is 26.1. The fourth-order valence-electron chi connectivity index (χ4n) is 9.27. The minimum absolute atomic E-state index is 0.102. The number of hydrogen-bond acceptors (Lipinski definition) is 1. The summed E-state index contributed by atoms with van der Waals surface area (Å²) in [5, 5.41) is 2.67. The van der Waals surface area contributed by atoms with Crippen LogP contribution >= 0.6 is 0 Å². The molecule has 0 aliphatic carbocycles. The Kier molecular flexibility index (Phi) is 4.71. The highest BCUT2D eigenvalue weighted by atomic mass is 15.2. The third-order valence-electron chi connectivity index (χ3n) is 11.2. The van der Waals surface area contributed by atoms with E-state index in [1.54, 1.807) is 0 Å². The van der Waals surface area contributed by atoms with Gasteiger partial charge in [0.2, 0.25) is 6.71 Å². The molecule has 0 spiro atoms. The largest absolute Gasteiger partial charge is 0.308 e. The molecule has 0 fully saturated rings. The SMILES string of the molecule is CC1(C)c2cccc3c2B2c4c1ccc(N(c1ccccc1)c1ccccc1)c4-n1c4ccccc4c4ccc(c2c41)C3(C)C. The van der Waals surface area contributed by atoms with Crippen LogP contribution < -0.4 is 21.3 Å². The van der Waals surface area contributed by atoms with Crippen LogP contribution in [0.25, 0.3) is 27.5 Å².